The Balaban J connectivity index is 1.84. The Morgan fingerprint density at radius 3 is 2.68 bits per heavy atom. The minimum atomic E-state index is 0.0469. The summed E-state index contributed by atoms with van der Waals surface area (Å²) in [4.78, 5) is 14.7. The Kier molecular flexibility index (Phi) is 4.00. The lowest BCUT2D eigenvalue weighted by Gasteiger charge is -2.25. The fourth-order valence-corrected chi connectivity index (χ4v) is 3.02. The van der Waals surface area contributed by atoms with Crippen LogP contribution >= 0.6 is 0 Å². The number of nitrogens with two attached hydrogens (primary N) is 1. The molecule has 0 radical (unpaired) electrons. The van der Waals surface area contributed by atoms with Crippen molar-refractivity contribution in [2.75, 3.05) is 19.4 Å². The summed E-state index contributed by atoms with van der Waals surface area (Å²) in [5.74, 6) is 0.876. The second-order valence-corrected chi connectivity index (χ2v) is 5.56. The highest BCUT2D eigenvalue weighted by Gasteiger charge is 2.30. The van der Waals surface area contributed by atoms with Crippen molar-refractivity contribution in [2.45, 2.75) is 18.9 Å². The minimum absolute atomic E-state index is 0.0469. The Labute approximate surface area is 130 Å². The number of nitrogens with zero attached hydrogens (tertiary/aromatic N) is 1. The predicted molar refractivity (Wildman–Crippen MR) is 86.9 cm³/mol. The normalized spacial score (nSPS) is 17.5. The number of likely N-dealkylation sites (tertiary alicyclic amines) is 1. The van der Waals surface area contributed by atoms with E-state index in [1.165, 1.54) is 0 Å². The molecule has 4 heteroatoms. The fraction of sp³-hybridized carbons (Fsp3) is 0.278. The van der Waals surface area contributed by atoms with Crippen molar-refractivity contribution >= 4 is 11.6 Å². The SMILES string of the molecule is COc1ccc(C2CCCN2C(=O)c2cccc(N)c2)cc1. The van der Waals surface area contributed by atoms with Crippen LogP contribution in [0.15, 0.2) is 48.5 Å². The number of nitrogen functional groups attached to an aromatic ring is 1. The van der Waals surface area contributed by atoms with Crippen LogP contribution in [-0.2, 0) is 0 Å². The zero-order chi connectivity index (χ0) is 15.5. The molecular weight excluding hydrogens is 276 g/mol. The Morgan fingerprint density at radius 2 is 2.00 bits per heavy atom. The van der Waals surface area contributed by atoms with Gasteiger partial charge in [-0.2, -0.15) is 0 Å². The Morgan fingerprint density at radius 1 is 1.23 bits per heavy atom. The number of hydrogen-bond acceptors (Lipinski definition) is 3. The molecule has 114 valence electrons. The lowest BCUT2D eigenvalue weighted by atomic mass is 10.0. The smallest absolute Gasteiger partial charge is 0.254 e. The van der Waals surface area contributed by atoms with Gasteiger partial charge in [-0.25, -0.2) is 0 Å². The summed E-state index contributed by atoms with van der Waals surface area (Å²) in [5.41, 5.74) is 8.21. The minimum Gasteiger partial charge on any atom is -0.497 e. The molecule has 2 aromatic carbocycles. The van der Waals surface area contributed by atoms with Crippen molar-refractivity contribution in [1.82, 2.24) is 4.90 Å². The van der Waals surface area contributed by atoms with Gasteiger partial charge in [-0.15, -0.1) is 0 Å². The molecule has 0 aliphatic carbocycles. The fourth-order valence-electron chi connectivity index (χ4n) is 3.02. The average Bonchev–Trinajstić information content (AvgIpc) is 3.04. The van der Waals surface area contributed by atoms with E-state index < -0.39 is 0 Å². The van der Waals surface area contributed by atoms with E-state index in [0.29, 0.717) is 11.3 Å². The van der Waals surface area contributed by atoms with E-state index in [2.05, 4.69) is 0 Å². The van der Waals surface area contributed by atoms with Crippen molar-refractivity contribution in [2.24, 2.45) is 0 Å². The van der Waals surface area contributed by atoms with Crippen LogP contribution in [0.5, 0.6) is 5.75 Å². The molecule has 2 aromatic rings. The number of carbonyl (C=O) groups excluding carboxylic acids is 1. The third kappa shape index (κ3) is 2.77. The molecule has 3 rings (SSSR count). The second kappa shape index (κ2) is 6.10. The van der Waals surface area contributed by atoms with Gasteiger partial charge in [-0.1, -0.05) is 18.2 Å². The van der Waals surface area contributed by atoms with E-state index >= 15 is 0 Å². The van der Waals surface area contributed by atoms with Gasteiger partial charge in [0, 0.05) is 17.8 Å². The molecule has 1 fully saturated rings. The zero-order valence-corrected chi connectivity index (χ0v) is 12.7. The number of hydrogen-bond donors (Lipinski definition) is 1. The molecule has 1 heterocycles. The molecule has 0 bridgehead atoms. The van der Waals surface area contributed by atoms with Crippen LogP contribution in [-0.4, -0.2) is 24.5 Å². The third-order valence-electron chi connectivity index (χ3n) is 4.15. The maximum Gasteiger partial charge on any atom is 0.254 e. The Bertz CT molecular complexity index is 667. The van der Waals surface area contributed by atoms with Gasteiger partial charge >= 0.3 is 0 Å². The van der Waals surface area contributed by atoms with Crippen LogP contribution in [0, 0.1) is 0 Å². The predicted octanol–water partition coefficient (Wildman–Crippen LogP) is 3.25. The number of methoxy groups -OCH3 is 1. The van der Waals surface area contributed by atoms with E-state index in [9.17, 15) is 4.79 Å². The van der Waals surface area contributed by atoms with Crippen LogP contribution in [0.25, 0.3) is 0 Å². The quantitative estimate of drug-likeness (QED) is 0.885. The van der Waals surface area contributed by atoms with Crippen LogP contribution < -0.4 is 10.5 Å². The maximum atomic E-state index is 12.8. The Hall–Kier alpha value is -2.49. The highest BCUT2D eigenvalue weighted by Crippen LogP contribution is 2.34. The van der Waals surface area contributed by atoms with Gasteiger partial charge in [-0.05, 0) is 48.7 Å². The number of anilines is 1. The van der Waals surface area contributed by atoms with Crippen molar-refractivity contribution in [3.63, 3.8) is 0 Å². The summed E-state index contributed by atoms with van der Waals surface area (Å²) in [6.45, 7) is 0.782. The van der Waals surface area contributed by atoms with E-state index in [1.54, 1.807) is 19.2 Å². The number of ether oxygens (including phenoxy) is 1. The molecule has 0 spiro atoms. The zero-order valence-electron chi connectivity index (χ0n) is 12.7. The number of carbonyl (C=O) groups is 1. The molecule has 0 saturated carbocycles. The first-order valence-electron chi connectivity index (χ1n) is 7.49. The summed E-state index contributed by atoms with van der Waals surface area (Å²) in [6, 6.07) is 15.3. The molecule has 4 nitrogen and oxygen atoms in total. The van der Waals surface area contributed by atoms with E-state index in [4.69, 9.17) is 10.5 Å². The van der Waals surface area contributed by atoms with Crippen LogP contribution in [0.2, 0.25) is 0 Å². The topological polar surface area (TPSA) is 55.6 Å². The first kappa shape index (κ1) is 14.4. The lowest BCUT2D eigenvalue weighted by molar-refractivity contribution is 0.0735. The van der Waals surface area contributed by atoms with Crippen molar-refractivity contribution in [3.8, 4) is 5.75 Å². The molecule has 2 N–H and O–H groups in total. The van der Waals surface area contributed by atoms with Gasteiger partial charge in [0.25, 0.3) is 5.91 Å². The first-order chi connectivity index (χ1) is 10.7. The maximum absolute atomic E-state index is 12.8. The monoisotopic (exact) mass is 296 g/mol. The standard InChI is InChI=1S/C18H20N2O2/c1-22-16-9-7-13(8-10-16)17-6-3-11-20(17)18(21)14-4-2-5-15(19)12-14/h2,4-5,7-10,12,17H,3,6,11,19H2,1H3. The molecular formula is C18H20N2O2. The van der Waals surface area contributed by atoms with Crippen molar-refractivity contribution in [3.05, 3.63) is 59.7 Å². The summed E-state index contributed by atoms with van der Waals surface area (Å²) in [7, 11) is 1.65. The highest BCUT2D eigenvalue weighted by molar-refractivity contribution is 5.95. The largest absolute Gasteiger partial charge is 0.497 e. The van der Waals surface area contributed by atoms with Gasteiger partial charge in [0.05, 0.1) is 13.2 Å². The summed E-state index contributed by atoms with van der Waals surface area (Å²) in [6.07, 6.45) is 2.01. The van der Waals surface area contributed by atoms with Gasteiger partial charge in [0.2, 0.25) is 0 Å². The van der Waals surface area contributed by atoms with Gasteiger partial charge in [0.1, 0.15) is 5.75 Å². The lowest BCUT2D eigenvalue weighted by Crippen LogP contribution is -2.30. The summed E-state index contributed by atoms with van der Waals surface area (Å²) >= 11 is 0. The highest BCUT2D eigenvalue weighted by atomic mass is 16.5. The molecule has 1 saturated heterocycles. The van der Waals surface area contributed by atoms with Crippen molar-refractivity contribution in [1.29, 1.82) is 0 Å². The summed E-state index contributed by atoms with van der Waals surface area (Å²) < 4.78 is 5.19. The number of rotatable bonds is 3. The summed E-state index contributed by atoms with van der Waals surface area (Å²) in [5, 5.41) is 0. The molecule has 22 heavy (non-hydrogen) atoms. The molecule has 1 amide bonds. The second-order valence-electron chi connectivity index (χ2n) is 5.56. The van der Waals surface area contributed by atoms with Crippen molar-refractivity contribution < 1.29 is 9.53 Å². The van der Waals surface area contributed by atoms with Crippen LogP contribution in [0.3, 0.4) is 0 Å². The molecule has 1 aliphatic heterocycles. The number of benzene rings is 2. The van der Waals surface area contributed by atoms with E-state index in [-0.39, 0.29) is 11.9 Å². The van der Waals surface area contributed by atoms with Crippen LogP contribution in [0.1, 0.15) is 34.8 Å². The van der Waals surface area contributed by atoms with Crippen LogP contribution in [0.4, 0.5) is 5.69 Å². The molecule has 1 atom stereocenters. The van der Waals surface area contributed by atoms with Gasteiger partial charge in [-0.3, -0.25) is 4.79 Å². The van der Waals surface area contributed by atoms with Gasteiger partial charge in [0.15, 0.2) is 0 Å². The molecule has 0 aromatic heterocycles. The first-order valence-corrected chi connectivity index (χ1v) is 7.49. The number of amides is 1. The third-order valence-corrected chi connectivity index (χ3v) is 4.15. The molecule has 1 aliphatic rings. The van der Waals surface area contributed by atoms with E-state index in [1.807, 2.05) is 41.3 Å². The van der Waals surface area contributed by atoms with Gasteiger partial charge < -0.3 is 15.4 Å². The van der Waals surface area contributed by atoms with E-state index in [0.717, 1.165) is 30.7 Å². The molecule has 1 unspecified atom stereocenters. The average molecular weight is 296 g/mol.